The van der Waals surface area contributed by atoms with E-state index in [0.717, 1.165) is 10.9 Å². The Balaban J connectivity index is 2.07. The van der Waals surface area contributed by atoms with Gasteiger partial charge in [0.15, 0.2) is 0 Å². The van der Waals surface area contributed by atoms with Crippen LogP contribution < -0.4 is 11.1 Å². The van der Waals surface area contributed by atoms with Crippen molar-refractivity contribution in [2.45, 2.75) is 6.04 Å². The Kier molecular flexibility index (Phi) is 3.29. The van der Waals surface area contributed by atoms with Crippen molar-refractivity contribution in [2.24, 2.45) is 5.73 Å². The largest absolute Gasteiger partial charge is 0.480 e. The summed E-state index contributed by atoms with van der Waals surface area (Å²) in [6.45, 7) is -0.108. The van der Waals surface area contributed by atoms with Crippen LogP contribution in [0.15, 0.2) is 30.3 Å². The molecule has 2 aromatic rings. The Morgan fingerprint density at radius 2 is 2.11 bits per heavy atom. The molecule has 6 nitrogen and oxygen atoms in total. The lowest BCUT2D eigenvalue weighted by Gasteiger charge is -2.07. The Bertz CT molecular complexity index is 558. The molecule has 0 fully saturated rings. The fourth-order valence-corrected chi connectivity index (χ4v) is 1.58. The van der Waals surface area contributed by atoms with Crippen molar-refractivity contribution in [3.8, 4) is 0 Å². The van der Waals surface area contributed by atoms with Crippen LogP contribution in [-0.4, -0.2) is 34.6 Å². The zero-order valence-electron chi connectivity index (χ0n) is 9.51. The van der Waals surface area contributed by atoms with Crippen LogP contribution in [0, 0.1) is 0 Å². The molecule has 2 rings (SSSR count). The number of hydrogen-bond donors (Lipinski definition) is 4. The molecule has 6 heteroatoms. The highest BCUT2D eigenvalue weighted by Gasteiger charge is 2.14. The molecular weight excluding hydrogens is 234 g/mol. The number of aromatic amines is 1. The quantitative estimate of drug-likeness (QED) is 0.623. The number of amides is 1. The topological polar surface area (TPSA) is 108 Å². The van der Waals surface area contributed by atoms with Crippen molar-refractivity contribution in [1.82, 2.24) is 10.3 Å². The summed E-state index contributed by atoms with van der Waals surface area (Å²) in [6, 6.07) is 8.08. The summed E-state index contributed by atoms with van der Waals surface area (Å²) in [6.07, 6.45) is 0. The van der Waals surface area contributed by atoms with E-state index >= 15 is 0 Å². The summed E-state index contributed by atoms with van der Waals surface area (Å²) in [7, 11) is 0. The maximum absolute atomic E-state index is 11.8. The Labute approximate surface area is 103 Å². The molecule has 1 atom stereocenters. The number of fused-ring (bicyclic) bond motifs is 1. The van der Waals surface area contributed by atoms with Crippen LogP contribution >= 0.6 is 0 Å². The highest BCUT2D eigenvalue weighted by atomic mass is 16.4. The van der Waals surface area contributed by atoms with Crippen LogP contribution in [0.1, 0.15) is 10.5 Å². The average molecular weight is 247 g/mol. The van der Waals surface area contributed by atoms with Gasteiger partial charge in [0, 0.05) is 17.4 Å². The van der Waals surface area contributed by atoms with E-state index in [2.05, 4.69) is 10.3 Å². The summed E-state index contributed by atoms with van der Waals surface area (Å²) in [5.41, 5.74) is 6.53. The summed E-state index contributed by atoms with van der Waals surface area (Å²) in [4.78, 5) is 25.2. The van der Waals surface area contributed by atoms with Crippen LogP contribution in [-0.2, 0) is 4.79 Å². The second-order valence-electron chi connectivity index (χ2n) is 3.93. The lowest BCUT2D eigenvalue weighted by molar-refractivity contribution is -0.138. The molecule has 1 amide bonds. The number of rotatable bonds is 4. The van der Waals surface area contributed by atoms with Gasteiger partial charge in [0.2, 0.25) is 0 Å². The lowest BCUT2D eigenvalue weighted by atomic mass is 10.2. The molecule has 0 bridgehead atoms. The molecule has 0 saturated heterocycles. The van der Waals surface area contributed by atoms with Gasteiger partial charge < -0.3 is 21.1 Å². The molecule has 0 aliphatic heterocycles. The summed E-state index contributed by atoms with van der Waals surface area (Å²) in [5.74, 6) is -1.52. The first-order chi connectivity index (χ1) is 8.58. The summed E-state index contributed by atoms with van der Waals surface area (Å²) < 4.78 is 0. The van der Waals surface area contributed by atoms with Crippen LogP contribution in [0.3, 0.4) is 0 Å². The minimum atomic E-state index is -1.15. The van der Waals surface area contributed by atoms with Crippen LogP contribution in [0.5, 0.6) is 0 Å². The van der Waals surface area contributed by atoms with Crippen LogP contribution in [0.25, 0.3) is 10.9 Å². The maximum Gasteiger partial charge on any atom is 0.322 e. The number of para-hydroxylation sites is 1. The van der Waals surface area contributed by atoms with Crippen molar-refractivity contribution < 1.29 is 14.7 Å². The van der Waals surface area contributed by atoms with Crippen molar-refractivity contribution >= 4 is 22.8 Å². The first-order valence-corrected chi connectivity index (χ1v) is 5.42. The average Bonchev–Trinajstić information content (AvgIpc) is 2.79. The van der Waals surface area contributed by atoms with E-state index < -0.39 is 12.0 Å². The molecule has 1 aromatic carbocycles. The second-order valence-corrected chi connectivity index (χ2v) is 3.93. The summed E-state index contributed by atoms with van der Waals surface area (Å²) in [5, 5.41) is 12.0. The van der Waals surface area contributed by atoms with E-state index in [1.54, 1.807) is 6.07 Å². The maximum atomic E-state index is 11.8. The van der Waals surface area contributed by atoms with Gasteiger partial charge in [-0.3, -0.25) is 9.59 Å². The first kappa shape index (κ1) is 12.1. The Hall–Kier alpha value is -2.34. The number of carboxylic acid groups (broad SMARTS) is 1. The van der Waals surface area contributed by atoms with Gasteiger partial charge in [0.05, 0.1) is 0 Å². The van der Waals surface area contributed by atoms with Gasteiger partial charge in [-0.2, -0.15) is 0 Å². The molecule has 1 aromatic heterocycles. The predicted octanol–water partition coefficient (Wildman–Crippen LogP) is 0.310. The molecule has 0 spiro atoms. The number of hydrogen-bond acceptors (Lipinski definition) is 3. The summed E-state index contributed by atoms with van der Waals surface area (Å²) >= 11 is 0. The van der Waals surface area contributed by atoms with Gasteiger partial charge in [0.25, 0.3) is 5.91 Å². The molecule has 94 valence electrons. The Morgan fingerprint density at radius 3 is 2.78 bits per heavy atom. The highest BCUT2D eigenvalue weighted by molar-refractivity contribution is 5.98. The standard InChI is InChI=1S/C12H13N3O3/c13-8(12(17)18)6-14-11(16)10-5-7-3-1-2-4-9(7)15-10/h1-5,8,15H,6,13H2,(H,14,16)(H,17,18)/t8-/m0/s1. The third-order valence-electron chi connectivity index (χ3n) is 2.57. The molecule has 5 N–H and O–H groups in total. The van der Waals surface area contributed by atoms with Crippen LogP contribution in [0.4, 0.5) is 0 Å². The number of nitrogens with one attached hydrogen (secondary N) is 2. The van der Waals surface area contributed by atoms with Gasteiger partial charge in [-0.1, -0.05) is 18.2 Å². The van der Waals surface area contributed by atoms with Crippen molar-refractivity contribution in [3.05, 3.63) is 36.0 Å². The van der Waals surface area contributed by atoms with E-state index in [9.17, 15) is 9.59 Å². The molecule has 0 aliphatic rings. The number of aliphatic carboxylic acids is 1. The van der Waals surface area contributed by atoms with E-state index in [0.29, 0.717) is 5.69 Å². The normalized spacial score (nSPS) is 12.3. The first-order valence-electron chi connectivity index (χ1n) is 5.42. The smallest absolute Gasteiger partial charge is 0.322 e. The number of benzene rings is 1. The fraction of sp³-hybridized carbons (Fsp3) is 0.167. The SMILES string of the molecule is N[C@@H](CNC(=O)c1cc2ccccc2[nH]1)C(=O)O. The van der Waals surface area contributed by atoms with Gasteiger partial charge >= 0.3 is 5.97 Å². The second kappa shape index (κ2) is 4.89. The minimum absolute atomic E-state index is 0.108. The number of nitrogens with two attached hydrogens (primary N) is 1. The van der Waals surface area contributed by atoms with Crippen molar-refractivity contribution in [1.29, 1.82) is 0 Å². The van der Waals surface area contributed by atoms with Gasteiger partial charge in [-0.15, -0.1) is 0 Å². The molecule has 1 heterocycles. The van der Waals surface area contributed by atoms with Gasteiger partial charge in [-0.05, 0) is 12.1 Å². The molecule has 0 radical (unpaired) electrons. The van der Waals surface area contributed by atoms with Gasteiger partial charge in [0.1, 0.15) is 11.7 Å². The van der Waals surface area contributed by atoms with E-state index in [1.807, 2.05) is 24.3 Å². The lowest BCUT2D eigenvalue weighted by Crippen LogP contribution is -2.42. The van der Waals surface area contributed by atoms with Crippen molar-refractivity contribution in [3.63, 3.8) is 0 Å². The third kappa shape index (κ3) is 2.49. The molecule has 0 unspecified atom stereocenters. The van der Waals surface area contributed by atoms with E-state index in [4.69, 9.17) is 10.8 Å². The van der Waals surface area contributed by atoms with Crippen molar-refractivity contribution in [2.75, 3.05) is 6.54 Å². The molecule has 18 heavy (non-hydrogen) atoms. The number of carbonyl (C=O) groups is 2. The number of carboxylic acids is 1. The fourth-order valence-electron chi connectivity index (χ4n) is 1.58. The third-order valence-corrected chi connectivity index (χ3v) is 2.57. The number of H-pyrrole nitrogens is 1. The zero-order valence-corrected chi connectivity index (χ0v) is 9.51. The number of aromatic nitrogens is 1. The highest BCUT2D eigenvalue weighted by Crippen LogP contribution is 2.14. The zero-order chi connectivity index (χ0) is 13.1. The predicted molar refractivity (Wildman–Crippen MR) is 66.2 cm³/mol. The van der Waals surface area contributed by atoms with Gasteiger partial charge in [-0.25, -0.2) is 0 Å². The molecular formula is C12H13N3O3. The molecule has 0 aliphatic carbocycles. The van der Waals surface area contributed by atoms with E-state index in [-0.39, 0.29) is 12.5 Å². The minimum Gasteiger partial charge on any atom is -0.480 e. The monoisotopic (exact) mass is 247 g/mol. The van der Waals surface area contributed by atoms with Crippen LogP contribution in [0.2, 0.25) is 0 Å². The molecule has 0 saturated carbocycles. The number of carbonyl (C=O) groups excluding carboxylic acids is 1. The van der Waals surface area contributed by atoms with E-state index in [1.165, 1.54) is 0 Å². The Morgan fingerprint density at radius 1 is 1.39 bits per heavy atom.